The molecule has 0 bridgehead atoms. The summed E-state index contributed by atoms with van der Waals surface area (Å²) in [6.45, 7) is 3.39. The van der Waals surface area contributed by atoms with Crippen molar-refractivity contribution in [1.82, 2.24) is 4.90 Å². The number of carbonyl (C=O) groups excluding carboxylic acids is 1. The summed E-state index contributed by atoms with van der Waals surface area (Å²) in [5.74, 6) is 0.0472. The highest BCUT2D eigenvalue weighted by Gasteiger charge is 2.25. The Morgan fingerprint density at radius 1 is 1.53 bits per heavy atom. The van der Waals surface area contributed by atoms with E-state index in [9.17, 15) is 9.18 Å². The Bertz CT molecular complexity index is 405. The van der Waals surface area contributed by atoms with E-state index in [1.807, 2.05) is 6.07 Å². The van der Waals surface area contributed by atoms with Gasteiger partial charge in [0.2, 0.25) is 0 Å². The van der Waals surface area contributed by atoms with Crippen molar-refractivity contribution in [2.45, 2.75) is 38.8 Å². The van der Waals surface area contributed by atoms with Gasteiger partial charge < -0.3 is 0 Å². The topological polar surface area (TPSA) is 20.3 Å². The second-order valence-corrected chi connectivity index (χ2v) is 4.80. The minimum atomic E-state index is -0.190. The van der Waals surface area contributed by atoms with E-state index in [0.29, 0.717) is 12.5 Å². The van der Waals surface area contributed by atoms with Gasteiger partial charge in [0.05, 0.1) is 0 Å². The summed E-state index contributed by atoms with van der Waals surface area (Å²) < 4.78 is 13.1. The first-order chi connectivity index (χ1) is 8.15. The fraction of sp³-hybridized carbons (Fsp3) is 0.500. The summed E-state index contributed by atoms with van der Waals surface area (Å²) in [7, 11) is 0. The molecule has 0 aliphatic carbocycles. The van der Waals surface area contributed by atoms with Crippen LogP contribution in [0.2, 0.25) is 0 Å². The van der Waals surface area contributed by atoms with Crippen LogP contribution in [-0.4, -0.2) is 23.3 Å². The molecule has 1 aliphatic rings. The summed E-state index contributed by atoms with van der Waals surface area (Å²) in [5, 5.41) is 0. The standard InChI is InChI=1S/C14H18FNO/c1-11(17)8-14-6-3-7-16(14)10-12-4-2-5-13(15)9-12/h2,4-5,9,14H,3,6-8,10H2,1H3. The third-order valence-electron chi connectivity index (χ3n) is 3.30. The lowest BCUT2D eigenvalue weighted by atomic mass is 10.1. The van der Waals surface area contributed by atoms with Gasteiger partial charge in [-0.05, 0) is 44.0 Å². The van der Waals surface area contributed by atoms with Gasteiger partial charge in [-0.3, -0.25) is 9.69 Å². The Balaban J connectivity index is 2.00. The first-order valence-corrected chi connectivity index (χ1v) is 6.13. The first kappa shape index (κ1) is 12.2. The summed E-state index contributed by atoms with van der Waals surface area (Å²) >= 11 is 0. The lowest BCUT2D eigenvalue weighted by Crippen LogP contribution is -2.30. The number of hydrogen-bond acceptors (Lipinski definition) is 2. The van der Waals surface area contributed by atoms with Gasteiger partial charge in [0.25, 0.3) is 0 Å². The molecule has 1 fully saturated rings. The molecule has 1 unspecified atom stereocenters. The van der Waals surface area contributed by atoms with Crippen LogP contribution in [0.15, 0.2) is 24.3 Å². The zero-order chi connectivity index (χ0) is 12.3. The zero-order valence-corrected chi connectivity index (χ0v) is 10.2. The van der Waals surface area contributed by atoms with E-state index in [-0.39, 0.29) is 11.6 Å². The number of ketones is 1. The van der Waals surface area contributed by atoms with Crippen LogP contribution in [0, 0.1) is 5.82 Å². The molecule has 1 aromatic carbocycles. The first-order valence-electron chi connectivity index (χ1n) is 6.13. The van der Waals surface area contributed by atoms with Gasteiger partial charge >= 0.3 is 0 Å². The fourth-order valence-electron chi connectivity index (χ4n) is 2.54. The molecule has 92 valence electrons. The molecule has 17 heavy (non-hydrogen) atoms. The Hall–Kier alpha value is -1.22. The Labute approximate surface area is 101 Å². The van der Waals surface area contributed by atoms with Crippen molar-refractivity contribution < 1.29 is 9.18 Å². The number of carbonyl (C=O) groups is 1. The van der Waals surface area contributed by atoms with E-state index < -0.39 is 0 Å². The van der Waals surface area contributed by atoms with Crippen LogP contribution in [0.1, 0.15) is 31.7 Å². The normalized spacial score (nSPS) is 20.7. The lowest BCUT2D eigenvalue weighted by Gasteiger charge is -2.23. The molecule has 0 aromatic heterocycles. The fourth-order valence-corrected chi connectivity index (χ4v) is 2.54. The van der Waals surface area contributed by atoms with Crippen LogP contribution < -0.4 is 0 Å². The Kier molecular flexibility index (Phi) is 3.89. The number of hydrogen-bond donors (Lipinski definition) is 0. The molecular formula is C14H18FNO. The summed E-state index contributed by atoms with van der Waals surface area (Å²) in [6.07, 6.45) is 2.83. The van der Waals surface area contributed by atoms with Crippen molar-refractivity contribution in [2.75, 3.05) is 6.54 Å². The second-order valence-electron chi connectivity index (χ2n) is 4.80. The molecule has 0 amide bonds. The summed E-state index contributed by atoms with van der Waals surface area (Å²) in [4.78, 5) is 13.5. The van der Waals surface area contributed by atoms with E-state index >= 15 is 0 Å². The predicted molar refractivity (Wildman–Crippen MR) is 65.1 cm³/mol. The maximum absolute atomic E-state index is 13.1. The average molecular weight is 235 g/mol. The van der Waals surface area contributed by atoms with E-state index in [0.717, 1.165) is 31.5 Å². The number of Topliss-reactive ketones (excluding diaryl/α,β-unsaturated/α-hetero) is 1. The molecule has 1 aliphatic heterocycles. The highest BCUT2D eigenvalue weighted by atomic mass is 19.1. The van der Waals surface area contributed by atoms with Gasteiger partial charge in [0, 0.05) is 19.0 Å². The van der Waals surface area contributed by atoms with Crippen molar-refractivity contribution in [1.29, 1.82) is 0 Å². The van der Waals surface area contributed by atoms with Crippen LogP contribution in [0.25, 0.3) is 0 Å². The van der Waals surface area contributed by atoms with Crippen molar-refractivity contribution >= 4 is 5.78 Å². The molecule has 0 spiro atoms. The molecular weight excluding hydrogens is 217 g/mol. The molecule has 0 saturated carbocycles. The number of halogens is 1. The lowest BCUT2D eigenvalue weighted by molar-refractivity contribution is -0.118. The van der Waals surface area contributed by atoms with E-state index in [2.05, 4.69) is 4.90 Å². The minimum Gasteiger partial charge on any atom is -0.300 e. The highest BCUT2D eigenvalue weighted by molar-refractivity contribution is 5.76. The number of likely N-dealkylation sites (tertiary alicyclic amines) is 1. The molecule has 1 heterocycles. The highest BCUT2D eigenvalue weighted by Crippen LogP contribution is 2.22. The van der Waals surface area contributed by atoms with Crippen molar-refractivity contribution in [3.05, 3.63) is 35.6 Å². The third kappa shape index (κ3) is 3.37. The van der Waals surface area contributed by atoms with Crippen LogP contribution in [0.3, 0.4) is 0 Å². The molecule has 1 aromatic rings. The molecule has 3 heteroatoms. The molecule has 0 N–H and O–H groups in total. The van der Waals surface area contributed by atoms with Gasteiger partial charge in [-0.15, -0.1) is 0 Å². The number of nitrogens with zero attached hydrogens (tertiary/aromatic N) is 1. The van der Waals surface area contributed by atoms with Gasteiger partial charge in [0.15, 0.2) is 0 Å². The van der Waals surface area contributed by atoms with Crippen molar-refractivity contribution in [3.8, 4) is 0 Å². The van der Waals surface area contributed by atoms with E-state index in [1.165, 1.54) is 6.07 Å². The summed E-state index contributed by atoms with van der Waals surface area (Å²) in [5.41, 5.74) is 0.987. The van der Waals surface area contributed by atoms with Crippen LogP contribution in [0.4, 0.5) is 4.39 Å². The number of benzene rings is 1. The monoisotopic (exact) mass is 235 g/mol. The smallest absolute Gasteiger partial charge is 0.131 e. The number of rotatable bonds is 4. The van der Waals surface area contributed by atoms with Crippen LogP contribution >= 0.6 is 0 Å². The third-order valence-corrected chi connectivity index (χ3v) is 3.30. The van der Waals surface area contributed by atoms with Crippen molar-refractivity contribution in [3.63, 3.8) is 0 Å². The molecule has 0 radical (unpaired) electrons. The zero-order valence-electron chi connectivity index (χ0n) is 10.2. The molecule has 2 rings (SSSR count). The molecule has 1 atom stereocenters. The summed E-state index contributed by atoms with van der Waals surface area (Å²) in [6, 6.07) is 7.05. The average Bonchev–Trinajstić information content (AvgIpc) is 2.65. The van der Waals surface area contributed by atoms with E-state index in [1.54, 1.807) is 19.1 Å². The second kappa shape index (κ2) is 5.41. The van der Waals surface area contributed by atoms with Gasteiger partial charge in [0.1, 0.15) is 11.6 Å². The van der Waals surface area contributed by atoms with Crippen molar-refractivity contribution in [2.24, 2.45) is 0 Å². The predicted octanol–water partition coefficient (Wildman–Crippen LogP) is 2.77. The maximum Gasteiger partial charge on any atom is 0.131 e. The van der Waals surface area contributed by atoms with Gasteiger partial charge in [-0.2, -0.15) is 0 Å². The quantitative estimate of drug-likeness (QED) is 0.799. The van der Waals surface area contributed by atoms with Crippen LogP contribution in [0.5, 0.6) is 0 Å². The Morgan fingerprint density at radius 2 is 2.35 bits per heavy atom. The van der Waals surface area contributed by atoms with Gasteiger partial charge in [-0.25, -0.2) is 4.39 Å². The van der Waals surface area contributed by atoms with E-state index in [4.69, 9.17) is 0 Å². The SMILES string of the molecule is CC(=O)CC1CCCN1Cc1cccc(F)c1. The van der Waals surface area contributed by atoms with Gasteiger partial charge in [-0.1, -0.05) is 12.1 Å². The largest absolute Gasteiger partial charge is 0.300 e. The molecule has 2 nitrogen and oxygen atoms in total. The maximum atomic E-state index is 13.1. The minimum absolute atomic E-state index is 0.190. The Morgan fingerprint density at radius 3 is 3.06 bits per heavy atom. The molecule has 1 saturated heterocycles. The van der Waals surface area contributed by atoms with Crippen LogP contribution in [-0.2, 0) is 11.3 Å².